The predicted octanol–water partition coefficient (Wildman–Crippen LogP) is 4.51. The fraction of sp³-hybridized carbons (Fsp3) is 0.312. The standard InChI is InChI=1S/C16H16ClN/c1-11-8-9-12(10-18-11)13-4-2-6-15-14(13)5-3-7-16(15)17/h3,5,7-10,13H,2,4,6H2,1H3. The molecule has 0 spiro atoms. The highest BCUT2D eigenvalue weighted by Crippen LogP contribution is 2.38. The number of hydrogen-bond donors (Lipinski definition) is 0. The van der Waals surface area contributed by atoms with Crippen LogP contribution in [0.1, 0.15) is 41.1 Å². The Morgan fingerprint density at radius 1 is 1.22 bits per heavy atom. The van der Waals surface area contributed by atoms with Crippen molar-refractivity contribution in [1.82, 2.24) is 4.98 Å². The zero-order valence-corrected chi connectivity index (χ0v) is 11.2. The summed E-state index contributed by atoms with van der Waals surface area (Å²) in [6.07, 6.45) is 5.51. The molecule has 0 saturated carbocycles. The van der Waals surface area contributed by atoms with Gasteiger partial charge < -0.3 is 0 Å². The average Bonchev–Trinajstić information content (AvgIpc) is 2.40. The van der Waals surface area contributed by atoms with Gasteiger partial charge in [0.15, 0.2) is 0 Å². The van der Waals surface area contributed by atoms with E-state index in [1.54, 1.807) is 0 Å². The van der Waals surface area contributed by atoms with E-state index in [0.29, 0.717) is 5.92 Å². The third-order valence-corrected chi connectivity index (χ3v) is 4.14. The molecule has 1 aliphatic rings. The van der Waals surface area contributed by atoms with E-state index >= 15 is 0 Å². The van der Waals surface area contributed by atoms with E-state index in [1.165, 1.54) is 29.5 Å². The maximum Gasteiger partial charge on any atom is 0.0440 e. The SMILES string of the molecule is Cc1ccc(C2CCCc3c(Cl)cccc32)cn1. The normalized spacial score (nSPS) is 18.4. The highest BCUT2D eigenvalue weighted by atomic mass is 35.5. The predicted molar refractivity (Wildman–Crippen MR) is 75.2 cm³/mol. The molecule has 0 aliphatic heterocycles. The minimum atomic E-state index is 0.459. The molecule has 2 heteroatoms. The number of aromatic nitrogens is 1. The van der Waals surface area contributed by atoms with Crippen LogP contribution >= 0.6 is 11.6 Å². The van der Waals surface area contributed by atoms with Crippen LogP contribution in [0.3, 0.4) is 0 Å². The Balaban J connectivity index is 2.06. The van der Waals surface area contributed by atoms with Gasteiger partial charge in [0.1, 0.15) is 0 Å². The van der Waals surface area contributed by atoms with E-state index in [2.05, 4.69) is 29.2 Å². The van der Waals surface area contributed by atoms with Crippen molar-refractivity contribution >= 4 is 11.6 Å². The molecule has 1 nitrogen and oxygen atoms in total. The molecule has 0 saturated heterocycles. The summed E-state index contributed by atoms with van der Waals surface area (Å²) in [5.41, 5.74) is 5.10. The first-order chi connectivity index (χ1) is 8.75. The maximum absolute atomic E-state index is 6.30. The molecule has 0 radical (unpaired) electrons. The molecule has 1 aromatic heterocycles. The second-order valence-corrected chi connectivity index (χ2v) is 5.39. The van der Waals surface area contributed by atoms with Gasteiger partial charge >= 0.3 is 0 Å². The summed E-state index contributed by atoms with van der Waals surface area (Å²) < 4.78 is 0. The Kier molecular flexibility index (Phi) is 3.09. The average molecular weight is 258 g/mol. The number of hydrogen-bond acceptors (Lipinski definition) is 1. The van der Waals surface area contributed by atoms with E-state index < -0.39 is 0 Å². The minimum Gasteiger partial charge on any atom is -0.261 e. The lowest BCUT2D eigenvalue weighted by Gasteiger charge is -2.26. The van der Waals surface area contributed by atoms with Crippen LogP contribution in [0.15, 0.2) is 36.5 Å². The molecule has 1 aromatic carbocycles. The second kappa shape index (κ2) is 4.74. The lowest BCUT2D eigenvalue weighted by molar-refractivity contribution is 0.614. The van der Waals surface area contributed by atoms with Crippen molar-refractivity contribution in [3.8, 4) is 0 Å². The number of fused-ring (bicyclic) bond motifs is 1. The molecule has 3 rings (SSSR count). The van der Waals surface area contributed by atoms with Crippen molar-refractivity contribution in [3.63, 3.8) is 0 Å². The topological polar surface area (TPSA) is 12.9 Å². The van der Waals surface area contributed by atoms with Crippen LogP contribution < -0.4 is 0 Å². The lowest BCUT2D eigenvalue weighted by atomic mass is 9.79. The van der Waals surface area contributed by atoms with Crippen LogP contribution in [0, 0.1) is 6.92 Å². The minimum absolute atomic E-state index is 0.459. The summed E-state index contributed by atoms with van der Waals surface area (Å²) in [6.45, 7) is 2.02. The van der Waals surface area contributed by atoms with Gasteiger partial charge in [-0.1, -0.05) is 29.8 Å². The smallest absolute Gasteiger partial charge is 0.0440 e. The second-order valence-electron chi connectivity index (χ2n) is 4.99. The van der Waals surface area contributed by atoms with Gasteiger partial charge in [-0.15, -0.1) is 0 Å². The molecule has 0 fully saturated rings. The van der Waals surface area contributed by atoms with Gasteiger partial charge in [0, 0.05) is 22.8 Å². The number of pyridine rings is 1. The summed E-state index contributed by atoms with van der Waals surface area (Å²) in [7, 11) is 0. The van der Waals surface area contributed by atoms with Crippen LogP contribution in [-0.2, 0) is 6.42 Å². The molecule has 2 aromatic rings. The van der Waals surface area contributed by atoms with Crippen LogP contribution in [0.5, 0.6) is 0 Å². The van der Waals surface area contributed by atoms with Crippen LogP contribution in [-0.4, -0.2) is 4.98 Å². The van der Waals surface area contributed by atoms with Crippen molar-refractivity contribution in [2.75, 3.05) is 0 Å². The molecule has 18 heavy (non-hydrogen) atoms. The molecule has 0 amide bonds. The number of benzene rings is 1. The van der Waals surface area contributed by atoms with E-state index in [1.807, 2.05) is 19.2 Å². The monoisotopic (exact) mass is 257 g/mol. The summed E-state index contributed by atoms with van der Waals surface area (Å²) in [5.74, 6) is 0.459. The Morgan fingerprint density at radius 2 is 2.11 bits per heavy atom. The van der Waals surface area contributed by atoms with Gasteiger partial charge in [-0.25, -0.2) is 0 Å². The van der Waals surface area contributed by atoms with Gasteiger partial charge in [0.05, 0.1) is 0 Å². The molecular formula is C16H16ClN. The molecule has 1 aliphatic carbocycles. The van der Waals surface area contributed by atoms with Crippen molar-refractivity contribution in [2.45, 2.75) is 32.1 Å². The lowest BCUT2D eigenvalue weighted by Crippen LogP contribution is -2.11. The summed E-state index contributed by atoms with van der Waals surface area (Å²) in [5, 5.41) is 0.914. The molecule has 1 heterocycles. The van der Waals surface area contributed by atoms with E-state index in [4.69, 9.17) is 11.6 Å². The fourth-order valence-electron chi connectivity index (χ4n) is 2.84. The van der Waals surface area contributed by atoms with Gasteiger partial charge in [0.2, 0.25) is 0 Å². The maximum atomic E-state index is 6.30. The first-order valence-electron chi connectivity index (χ1n) is 6.45. The summed E-state index contributed by atoms with van der Waals surface area (Å²) in [4.78, 5) is 4.42. The van der Waals surface area contributed by atoms with Crippen LogP contribution in [0.2, 0.25) is 5.02 Å². The van der Waals surface area contributed by atoms with E-state index in [-0.39, 0.29) is 0 Å². The quantitative estimate of drug-likeness (QED) is 0.732. The molecular weight excluding hydrogens is 242 g/mol. The van der Waals surface area contributed by atoms with Gasteiger partial charge in [-0.3, -0.25) is 4.98 Å². The molecule has 92 valence electrons. The largest absolute Gasteiger partial charge is 0.261 e. The van der Waals surface area contributed by atoms with Gasteiger partial charge in [-0.2, -0.15) is 0 Å². The Labute approximate surface area is 113 Å². The van der Waals surface area contributed by atoms with Crippen LogP contribution in [0.25, 0.3) is 0 Å². The zero-order valence-electron chi connectivity index (χ0n) is 10.5. The van der Waals surface area contributed by atoms with Crippen molar-refractivity contribution in [2.24, 2.45) is 0 Å². The van der Waals surface area contributed by atoms with Crippen molar-refractivity contribution < 1.29 is 0 Å². The molecule has 1 unspecified atom stereocenters. The van der Waals surface area contributed by atoms with Gasteiger partial charge in [-0.05, 0) is 55.0 Å². The zero-order chi connectivity index (χ0) is 12.5. The van der Waals surface area contributed by atoms with Gasteiger partial charge in [0.25, 0.3) is 0 Å². The third kappa shape index (κ3) is 2.04. The highest BCUT2D eigenvalue weighted by Gasteiger charge is 2.23. The Bertz CT molecular complexity index is 560. The number of halogens is 1. The number of rotatable bonds is 1. The molecule has 1 atom stereocenters. The van der Waals surface area contributed by atoms with Crippen molar-refractivity contribution in [1.29, 1.82) is 0 Å². The third-order valence-electron chi connectivity index (χ3n) is 3.79. The summed E-state index contributed by atoms with van der Waals surface area (Å²) >= 11 is 6.30. The van der Waals surface area contributed by atoms with Crippen LogP contribution in [0.4, 0.5) is 0 Å². The first-order valence-corrected chi connectivity index (χ1v) is 6.83. The van der Waals surface area contributed by atoms with E-state index in [0.717, 1.165) is 17.1 Å². The Hall–Kier alpha value is -1.34. The Morgan fingerprint density at radius 3 is 2.89 bits per heavy atom. The van der Waals surface area contributed by atoms with E-state index in [9.17, 15) is 0 Å². The van der Waals surface area contributed by atoms with Crippen molar-refractivity contribution in [3.05, 3.63) is 63.9 Å². The molecule has 0 bridgehead atoms. The first kappa shape index (κ1) is 11.7. The number of nitrogens with zero attached hydrogens (tertiary/aromatic N) is 1. The number of aryl methyl sites for hydroxylation is 1. The summed E-state index contributed by atoms with van der Waals surface area (Å²) in [6, 6.07) is 10.6. The highest BCUT2D eigenvalue weighted by molar-refractivity contribution is 6.31. The fourth-order valence-corrected chi connectivity index (χ4v) is 3.11. The molecule has 0 N–H and O–H groups in total.